The van der Waals surface area contributed by atoms with E-state index >= 15 is 0 Å². The largest absolute Gasteiger partial charge is 0.305 e. The molecule has 0 saturated carbocycles. The number of hydrogen-bond donors (Lipinski definition) is 1. The summed E-state index contributed by atoms with van der Waals surface area (Å²) in [6.07, 6.45) is 3.57. The zero-order chi connectivity index (χ0) is 16.6. The Labute approximate surface area is 131 Å². The Hall–Kier alpha value is -3.10. The van der Waals surface area contributed by atoms with Gasteiger partial charge in [-0.25, -0.2) is 4.98 Å². The number of aromatic nitrogens is 6. The van der Waals surface area contributed by atoms with Crippen molar-refractivity contribution in [3.8, 4) is 17.1 Å². The molecule has 23 heavy (non-hydrogen) atoms. The van der Waals surface area contributed by atoms with E-state index in [0.717, 1.165) is 5.69 Å². The Balaban J connectivity index is 2.15. The van der Waals surface area contributed by atoms with Gasteiger partial charge in [0.2, 0.25) is 5.82 Å². The number of nitrogens with zero attached hydrogens (tertiary/aromatic N) is 6. The first-order valence-electron chi connectivity index (χ1n) is 6.93. The molecule has 9 heteroatoms. The molecule has 0 saturated heterocycles. The van der Waals surface area contributed by atoms with Crippen molar-refractivity contribution in [2.24, 2.45) is 0 Å². The number of nitro groups is 1. The van der Waals surface area contributed by atoms with E-state index in [0.29, 0.717) is 11.3 Å². The summed E-state index contributed by atoms with van der Waals surface area (Å²) in [6.45, 7) is 6.20. The first-order chi connectivity index (χ1) is 10.9. The second-order valence-corrected chi connectivity index (χ2v) is 6.11. The van der Waals surface area contributed by atoms with Crippen molar-refractivity contribution in [3.05, 3.63) is 46.5 Å². The topological polar surface area (TPSA) is 115 Å². The van der Waals surface area contributed by atoms with Crippen molar-refractivity contribution in [1.82, 2.24) is 30.2 Å². The van der Waals surface area contributed by atoms with Crippen molar-refractivity contribution in [2.45, 2.75) is 26.2 Å². The van der Waals surface area contributed by atoms with Crippen LogP contribution in [0.3, 0.4) is 0 Å². The molecule has 0 radical (unpaired) electrons. The summed E-state index contributed by atoms with van der Waals surface area (Å²) in [6, 6.07) is 4.52. The molecule has 0 unspecified atom stereocenters. The molecule has 0 fully saturated rings. The molecular formula is C14H15N7O2. The molecule has 0 aliphatic rings. The summed E-state index contributed by atoms with van der Waals surface area (Å²) in [5, 5.41) is 24.8. The number of rotatable bonds is 3. The van der Waals surface area contributed by atoms with Crippen molar-refractivity contribution in [1.29, 1.82) is 0 Å². The fourth-order valence-electron chi connectivity index (χ4n) is 2.16. The van der Waals surface area contributed by atoms with Crippen LogP contribution in [0.4, 0.5) is 5.69 Å². The molecule has 3 rings (SSSR count). The van der Waals surface area contributed by atoms with E-state index < -0.39 is 4.92 Å². The zero-order valence-electron chi connectivity index (χ0n) is 12.9. The number of nitrogens with one attached hydrogen (secondary N) is 1. The van der Waals surface area contributed by atoms with E-state index in [1.165, 1.54) is 12.1 Å². The molecular weight excluding hydrogens is 298 g/mol. The summed E-state index contributed by atoms with van der Waals surface area (Å²) in [5.74, 6) is 0.287. The van der Waals surface area contributed by atoms with Crippen molar-refractivity contribution >= 4 is 5.69 Å². The van der Waals surface area contributed by atoms with Crippen LogP contribution < -0.4 is 0 Å². The summed E-state index contributed by atoms with van der Waals surface area (Å²) in [7, 11) is 0. The second-order valence-electron chi connectivity index (χ2n) is 6.11. The molecule has 9 nitrogen and oxygen atoms in total. The molecule has 2 aromatic heterocycles. The minimum atomic E-state index is -0.456. The molecule has 3 aromatic rings. The van der Waals surface area contributed by atoms with E-state index in [1.54, 1.807) is 17.0 Å². The molecule has 0 atom stereocenters. The van der Waals surface area contributed by atoms with Gasteiger partial charge in [0.25, 0.3) is 5.69 Å². The van der Waals surface area contributed by atoms with E-state index in [4.69, 9.17) is 0 Å². The minimum Gasteiger partial charge on any atom is -0.305 e. The molecule has 1 aromatic carbocycles. The Kier molecular flexibility index (Phi) is 3.40. The first kappa shape index (κ1) is 14.8. The van der Waals surface area contributed by atoms with Gasteiger partial charge < -0.3 is 4.57 Å². The van der Waals surface area contributed by atoms with Crippen LogP contribution in [0.1, 0.15) is 26.5 Å². The van der Waals surface area contributed by atoms with Crippen LogP contribution in [0.15, 0.2) is 30.7 Å². The van der Waals surface area contributed by atoms with E-state index in [9.17, 15) is 10.1 Å². The van der Waals surface area contributed by atoms with Gasteiger partial charge in [0.05, 0.1) is 28.2 Å². The highest BCUT2D eigenvalue weighted by Crippen LogP contribution is 2.29. The van der Waals surface area contributed by atoms with Gasteiger partial charge in [0.15, 0.2) is 0 Å². The smallest absolute Gasteiger partial charge is 0.270 e. The third-order valence-corrected chi connectivity index (χ3v) is 3.41. The quantitative estimate of drug-likeness (QED) is 0.585. The molecule has 0 aliphatic carbocycles. The highest BCUT2D eigenvalue weighted by Gasteiger charge is 2.20. The SMILES string of the molecule is CC(C)(C)c1cn(-c2ccc([N+](=O)[O-])cc2-c2nn[nH]n2)cn1. The fraction of sp³-hybridized carbons (Fsp3) is 0.286. The van der Waals surface area contributed by atoms with E-state index in [1.807, 2.05) is 6.20 Å². The van der Waals surface area contributed by atoms with Crippen molar-refractivity contribution in [2.75, 3.05) is 0 Å². The lowest BCUT2D eigenvalue weighted by Crippen LogP contribution is -2.11. The molecule has 0 spiro atoms. The maximum Gasteiger partial charge on any atom is 0.270 e. The lowest BCUT2D eigenvalue weighted by atomic mass is 9.93. The number of nitro benzene ring substituents is 1. The highest BCUT2D eigenvalue weighted by atomic mass is 16.6. The Bertz CT molecular complexity index is 846. The van der Waals surface area contributed by atoms with Gasteiger partial charge in [-0.15, -0.1) is 10.2 Å². The van der Waals surface area contributed by atoms with Gasteiger partial charge in [0.1, 0.15) is 0 Å². The monoisotopic (exact) mass is 313 g/mol. The predicted molar refractivity (Wildman–Crippen MR) is 82.1 cm³/mol. The number of imidazole rings is 1. The average Bonchev–Trinajstić information content (AvgIpc) is 3.17. The van der Waals surface area contributed by atoms with Gasteiger partial charge in [-0.3, -0.25) is 10.1 Å². The van der Waals surface area contributed by atoms with Gasteiger partial charge in [-0.1, -0.05) is 20.8 Å². The summed E-state index contributed by atoms with van der Waals surface area (Å²) in [5.41, 5.74) is 1.98. The lowest BCUT2D eigenvalue weighted by molar-refractivity contribution is -0.384. The van der Waals surface area contributed by atoms with Gasteiger partial charge in [0, 0.05) is 23.7 Å². The van der Waals surface area contributed by atoms with Crippen LogP contribution in [0.2, 0.25) is 0 Å². The van der Waals surface area contributed by atoms with Crippen LogP contribution in [0, 0.1) is 10.1 Å². The van der Waals surface area contributed by atoms with Crippen LogP contribution in [0.25, 0.3) is 17.1 Å². The normalized spacial score (nSPS) is 11.6. The highest BCUT2D eigenvalue weighted by molar-refractivity contribution is 5.70. The van der Waals surface area contributed by atoms with Gasteiger partial charge in [-0.05, 0) is 11.3 Å². The zero-order valence-corrected chi connectivity index (χ0v) is 12.9. The average molecular weight is 313 g/mol. The fourth-order valence-corrected chi connectivity index (χ4v) is 2.16. The van der Waals surface area contributed by atoms with Crippen LogP contribution in [-0.2, 0) is 5.41 Å². The first-order valence-corrected chi connectivity index (χ1v) is 6.93. The maximum atomic E-state index is 11.0. The molecule has 118 valence electrons. The number of benzene rings is 1. The third kappa shape index (κ3) is 2.80. The standard InChI is InChI=1S/C14H15N7O2/c1-14(2,3)12-7-20(8-15-12)11-5-4-9(21(22)23)6-10(11)13-16-18-19-17-13/h4-8H,1-3H3,(H,16,17,18,19). The predicted octanol–water partition coefficient (Wildman–Crippen LogP) is 2.26. The summed E-state index contributed by atoms with van der Waals surface area (Å²) in [4.78, 5) is 15.0. The van der Waals surface area contributed by atoms with E-state index in [-0.39, 0.29) is 16.9 Å². The van der Waals surface area contributed by atoms with Crippen molar-refractivity contribution in [3.63, 3.8) is 0 Å². The second kappa shape index (κ2) is 5.27. The molecule has 0 aliphatic heterocycles. The third-order valence-electron chi connectivity index (χ3n) is 3.41. The number of aromatic amines is 1. The van der Waals surface area contributed by atoms with Gasteiger partial charge in [-0.2, -0.15) is 5.21 Å². The maximum absolute atomic E-state index is 11.0. The van der Waals surface area contributed by atoms with Crippen LogP contribution in [0.5, 0.6) is 0 Å². The van der Waals surface area contributed by atoms with E-state index in [2.05, 4.69) is 46.4 Å². The number of non-ortho nitro benzene ring substituents is 1. The molecule has 0 amide bonds. The number of H-pyrrole nitrogens is 1. The lowest BCUT2D eigenvalue weighted by Gasteiger charge is -2.14. The number of hydrogen-bond acceptors (Lipinski definition) is 6. The summed E-state index contributed by atoms with van der Waals surface area (Å²) < 4.78 is 1.80. The molecule has 2 heterocycles. The van der Waals surface area contributed by atoms with Crippen LogP contribution in [-0.4, -0.2) is 35.1 Å². The number of tetrazole rings is 1. The Morgan fingerprint density at radius 3 is 2.65 bits per heavy atom. The summed E-state index contributed by atoms with van der Waals surface area (Å²) >= 11 is 0. The van der Waals surface area contributed by atoms with Crippen LogP contribution >= 0.6 is 0 Å². The Morgan fingerprint density at radius 1 is 1.30 bits per heavy atom. The Morgan fingerprint density at radius 2 is 2.09 bits per heavy atom. The van der Waals surface area contributed by atoms with Gasteiger partial charge >= 0.3 is 0 Å². The minimum absolute atomic E-state index is 0.0373. The van der Waals surface area contributed by atoms with Crippen molar-refractivity contribution < 1.29 is 4.92 Å². The molecule has 1 N–H and O–H groups in total. The molecule has 0 bridgehead atoms.